The van der Waals surface area contributed by atoms with Gasteiger partial charge in [-0.25, -0.2) is 19.4 Å². The summed E-state index contributed by atoms with van der Waals surface area (Å²) in [7, 11) is 1.90. The highest BCUT2D eigenvalue weighted by molar-refractivity contribution is 5.92. The van der Waals surface area contributed by atoms with Crippen molar-refractivity contribution in [2.45, 2.75) is 13.0 Å². The van der Waals surface area contributed by atoms with Crippen LogP contribution in [0.5, 0.6) is 0 Å². The summed E-state index contributed by atoms with van der Waals surface area (Å²) in [5, 5.41) is 13.1. The quantitative estimate of drug-likeness (QED) is 0.779. The minimum atomic E-state index is -0.955. The van der Waals surface area contributed by atoms with Gasteiger partial charge in [-0.2, -0.15) is 5.10 Å². The van der Waals surface area contributed by atoms with E-state index < -0.39 is 5.97 Å². The lowest BCUT2D eigenvalue weighted by Crippen LogP contribution is -2.12. The standard InChI is InChI=1S/C13H13N5O2/c1-8(18-7-14-6-15-18)12-16-10-5-9(13(19)20)3-4-11(10)17(12)2/h3-8H,1-2H3,(H,19,20). The fourth-order valence-electron chi connectivity index (χ4n) is 2.26. The van der Waals surface area contributed by atoms with Crippen LogP contribution in [0.25, 0.3) is 11.0 Å². The lowest BCUT2D eigenvalue weighted by molar-refractivity contribution is 0.0697. The molecule has 1 unspecified atom stereocenters. The van der Waals surface area contributed by atoms with Crippen molar-refractivity contribution in [1.29, 1.82) is 0 Å². The second-order valence-corrected chi connectivity index (χ2v) is 4.59. The Labute approximate surface area is 114 Å². The van der Waals surface area contributed by atoms with Gasteiger partial charge in [0.15, 0.2) is 0 Å². The fraction of sp³-hybridized carbons (Fsp3) is 0.231. The Bertz CT molecular complexity index is 776. The van der Waals surface area contributed by atoms with Gasteiger partial charge in [0.1, 0.15) is 24.5 Å². The first-order chi connectivity index (χ1) is 9.58. The molecule has 2 aromatic heterocycles. The van der Waals surface area contributed by atoms with Crippen molar-refractivity contribution in [3.8, 4) is 0 Å². The van der Waals surface area contributed by atoms with Crippen molar-refractivity contribution in [2.24, 2.45) is 7.05 Å². The van der Waals surface area contributed by atoms with Crippen LogP contribution >= 0.6 is 0 Å². The molecule has 2 heterocycles. The molecule has 0 aliphatic carbocycles. The largest absolute Gasteiger partial charge is 0.478 e. The Morgan fingerprint density at radius 1 is 1.40 bits per heavy atom. The lowest BCUT2D eigenvalue weighted by Gasteiger charge is -2.11. The molecule has 0 spiro atoms. The van der Waals surface area contributed by atoms with Crippen LogP contribution in [0.15, 0.2) is 30.9 Å². The van der Waals surface area contributed by atoms with Gasteiger partial charge in [0.05, 0.1) is 16.6 Å². The van der Waals surface area contributed by atoms with Crippen molar-refractivity contribution in [3.63, 3.8) is 0 Å². The van der Waals surface area contributed by atoms with E-state index in [0.717, 1.165) is 11.3 Å². The van der Waals surface area contributed by atoms with E-state index >= 15 is 0 Å². The van der Waals surface area contributed by atoms with Gasteiger partial charge in [0.2, 0.25) is 0 Å². The first-order valence-electron chi connectivity index (χ1n) is 6.11. The van der Waals surface area contributed by atoms with Gasteiger partial charge in [-0.1, -0.05) is 0 Å². The number of fused-ring (bicyclic) bond motifs is 1. The van der Waals surface area contributed by atoms with E-state index in [1.165, 1.54) is 6.33 Å². The number of nitrogens with zero attached hydrogens (tertiary/aromatic N) is 5. The lowest BCUT2D eigenvalue weighted by atomic mass is 10.2. The first kappa shape index (κ1) is 12.3. The number of aryl methyl sites for hydroxylation is 1. The summed E-state index contributed by atoms with van der Waals surface area (Å²) >= 11 is 0. The SMILES string of the molecule is CC(c1nc2cc(C(=O)O)ccc2n1C)n1cncn1. The van der Waals surface area contributed by atoms with Crippen LogP contribution in [0, 0.1) is 0 Å². The molecule has 0 aliphatic heterocycles. The molecule has 0 aliphatic rings. The van der Waals surface area contributed by atoms with E-state index in [1.54, 1.807) is 29.2 Å². The average Bonchev–Trinajstić information content (AvgIpc) is 3.06. The van der Waals surface area contributed by atoms with Gasteiger partial charge in [-0.15, -0.1) is 0 Å². The van der Waals surface area contributed by atoms with Crippen molar-refractivity contribution < 1.29 is 9.90 Å². The predicted molar refractivity (Wildman–Crippen MR) is 71.5 cm³/mol. The monoisotopic (exact) mass is 271 g/mol. The number of aromatic nitrogens is 5. The summed E-state index contributed by atoms with van der Waals surface area (Å²) in [6, 6.07) is 4.85. The van der Waals surface area contributed by atoms with Crippen molar-refractivity contribution >= 4 is 17.0 Å². The number of hydrogen-bond acceptors (Lipinski definition) is 4. The van der Waals surface area contributed by atoms with Gasteiger partial charge in [0, 0.05) is 7.05 Å². The van der Waals surface area contributed by atoms with Crippen molar-refractivity contribution in [1.82, 2.24) is 24.3 Å². The number of hydrogen-bond donors (Lipinski definition) is 1. The van der Waals surface area contributed by atoms with Crippen LogP contribution in [0.4, 0.5) is 0 Å². The molecule has 3 rings (SSSR count). The third-order valence-corrected chi connectivity index (χ3v) is 3.37. The zero-order valence-corrected chi connectivity index (χ0v) is 11.1. The molecule has 7 nitrogen and oxygen atoms in total. The second kappa shape index (κ2) is 4.44. The zero-order valence-electron chi connectivity index (χ0n) is 11.1. The van der Waals surface area contributed by atoms with E-state index in [1.807, 2.05) is 18.5 Å². The molecule has 1 atom stereocenters. The van der Waals surface area contributed by atoms with Crippen molar-refractivity contribution in [2.75, 3.05) is 0 Å². The van der Waals surface area contributed by atoms with E-state index in [2.05, 4.69) is 15.1 Å². The smallest absolute Gasteiger partial charge is 0.335 e. The van der Waals surface area contributed by atoms with Crippen LogP contribution in [0.1, 0.15) is 29.1 Å². The summed E-state index contributed by atoms with van der Waals surface area (Å²) in [5.41, 5.74) is 1.78. The third-order valence-electron chi connectivity index (χ3n) is 3.37. The Kier molecular flexibility index (Phi) is 2.74. The molecular weight excluding hydrogens is 258 g/mol. The Balaban J connectivity index is 2.13. The molecular formula is C13H13N5O2. The molecule has 7 heteroatoms. The highest BCUT2D eigenvalue weighted by Crippen LogP contribution is 2.22. The third kappa shape index (κ3) is 1.83. The van der Waals surface area contributed by atoms with Crippen LogP contribution in [0.2, 0.25) is 0 Å². The average molecular weight is 271 g/mol. The van der Waals surface area contributed by atoms with Crippen LogP contribution in [-0.2, 0) is 7.05 Å². The number of benzene rings is 1. The van der Waals surface area contributed by atoms with Gasteiger partial charge in [0.25, 0.3) is 0 Å². The maximum atomic E-state index is 11.0. The normalized spacial score (nSPS) is 12.7. The molecule has 1 aromatic carbocycles. The van der Waals surface area contributed by atoms with E-state index in [-0.39, 0.29) is 11.6 Å². The summed E-state index contributed by atoms with van der Waals surface area (Å²) in [6.45, 7) is 1.97. The van der Waals surface area contributed by atoms with Gasteiger partial charge >= 0.3 is 5.97 Å². The summed E-state index contributed by atoms with van der Waals surface area (Å²) in [5.74, 6) is -0.156. The van der Waals surface area contributed by atoms with Crippen LogP contribution in [0.3, 0.4) is 0 Å². The Morgan fingerprint density at radius 2 is 2.20 bits per heavy atom. The molecule has 102 valence electrons. The molecule has 20 heavy (non-hydrogen) atoms. The highest BCUT2D eigenvalue weighted by Gasteiger charge is 2.17. The number of carboxylic acids is 1. The summed E-state index contributed by atoms with van der Waals surface area (Å²) in [6.07, 6.45) is 3.11. The van der Waals surface area contributed by atoms with E-state index in [9.17, 15) is 4.79 Å². The zero-order chi connectivity index (χ0) is 14.3. The number of carbonyl (C=O) groups is 1. The maximum Gasteiger partial charge on any atom is 0.335 e. The molecule has 0 radical (unpaired) electrons. The molecule has 0 fully saturated rings. The molecule has 3 aromatic rings. The molecule has 0 saturated carbocycles. The van der Waals surface area contributed by atoms with E-state index in [4.69, 9.17) is 5.11 Å². The molecule has 0 amide bonds. The molecule has 1 N–H and O–H groups in total. The van der Waals surface area contributed by atoms with Crippen LogP contribution < -0.4 is 0 Å². The van der Waals surface area contributed by atoms with Gasteiger partial charge in [-0.05, 0) is 25.1 Å². The molecule has 0 bridgehead atoms. The molecule has 0 saturated heterocycles. The maximum absolute atomic E-state index is 11.0. The predicted octanol–water partition coefficient (Wildman–Crippen LogP) is 1.47. The van der Waals surface area contributed by atoms with Gasteiger partial charge < -0.3 is 9.67 Å². The summed E-state index contributed by atoms with van der Waals surface area (Å²) < 4.78 is 3.65. The van der Waals surface area contributed by atoms with Gasteiger partial charge in [-0.3, -0.25) is 0 Å². The van der Waals surface area contributed by atoms with Crippen molar-refractivity contribution in [3.05, 3.63) is 42.2 Å². The minimum Gasteiger partial charge on any atom is -0.478 e. The van der Waals surface area contributed by atoms with E-state index in [0.29, 0.717) is 5.52 Å². The highest BCUT2D eigenvalue weighted by atomic mass is 16.4. The first-order valence-corrected chi connectivity index (χ1v) is 6.11. The minimum absolute atomic E-state index is 0.0804. The number of carboxylic acid groups (broad SMARTS) is 1. The second-order valence-electron chi connectivity index (χ2n) is 4.59. The Hall–Kier alpha value is -2.70. The van der Waals surface area contributed by atoms with Crippen LogP contribution in [-0.4, -0.2) is 35.4 Å². The number of aromatic carboxylic acids is 1. The topological polar surface area (TPSA) is 85.8 Å². The number of imidazole rings is 1. The summed E-state index contributed by atoms with van der Waals surface area (Å²) in [4.78, 5) is 19.4. The Morgan fingerprint density at radius 3 is 2.85 bits per heavy atom. The fourth-order valence-corrected chi connectivity index (χ4v) is 2.26. The number of rotatable bonds is 3.